The molecule has 1 saturated heterocycles. The summed E-state index contributed by atoms with van der Waals surface area (Å²) in [5.74, 6) is -1.77. The summed E-state index contributed by atoms with van der Waals surface area (Å²) in [4.78, 5) is 35.3. The van der Waals surface area contributed by atoms with Crippen molar-refractivity contribution in [2.75, 3.05) is 4.90 Å². The number of imidazole rings is 1. The molecule has 1 unspecified atom stereocenters. The molecule has 176 valence electrons. The third kappa shape index (κ3) is 4.03. The summed E-state index contributed by atoms with van der Waals surface area (Å²) >= 11 is 0. The Labute approximate surface area is 200 Å². The summed E-state index contributed by atoms with van der Waals surface area (Å²) in [5, 5.41) is 11.1. The highest BCUT2D eigenvalue weighted by Crippen LogP contribution is 2.42. The number of Topliss-reactive ketones (excluding diaryl/α,β-unsaturated/α-hetero) is 1. The van der Waals surface area contributed by atoms with Gasteiger partial charge in [0.05, 0.1) is 28.8 Å². The fourth-order valence-electron chi connectivity index (χ4n) is 4.18. The predicted octanol–water partition coefficient (Wildman–Crippen LogP) is 5.12. The molecule has 4 aromatic rings. The van der Waals surface area contributed by atoms with E-state index >= 15 is 0 Å². The molecule has 1 aliphatic heterocycles. The van der Waals surface area contributed by atoms with Crippen LogP contribution < -0.4 is 9.64 Å². The van der Waals surface area contributed by atoms with Crippen molar-refractivity contribution in [2.45, 2.75) is 26.0 Å². The van der Waals surface area contributed by atoms with Gasteiger partial charge in [-0.25, -0.2) is 9.37 Å². The Balaban J connectivity index is 1.68. The number of aromatic amines is 1. The van der Waals surface area contributed by atoms with Gasteiger partial charge in [-0.2, -0.15) is 0 Å². The second-order valence-electron chi connectivity index (χ2n) is 8.49. The normalized spacial score (nSPS) is 17.5. The van der Waals surface area contributed by atoms with Gasteiger partial charge < -0.3 is 14.8 Å². The quantitative estimate of drug-likeness (QED) is 0.239. The molecule has 1 aliphatic rings. The molecule has 0 radical (unpaired) electrons. The number of hydrogen-bond donors (Lipinski definition) is 2. The van der Waals surface area contributed by atoms with E-state index in [1.165, 1.54) is 29.2 Å². The fraction of sp³-hybridized carbons (Fsp3) is 0.148. The van der Waals surface area contributed by atoms with Crippen LogP contribution in [0.3, 0.4) is 0 Å². The highest BCUT2D eigenvalue weighted by atomic mass is 19.1. The van der Waals surface area contributed by atoms with Gasteiger partial charge in [0.15, 0.2) is 0 Å². The molecule has 8 heteroatoms. The van der Waals surface area contributed by atoms with Crippen LogP contribution in [-0.4, -0.2) is 32.9 Å². The Morgan fingerprint density at radius 2 is 1.71 bits per heavy atom. The van der Waals surface area contributed by atoms with Crippen LogP contribution in [0.1, 0.15) is 31.0 Å². The number of amides is 1. The van der Waals surface area contributed by atoms with E-state index in [1.54, 1.807) is 30.3 Å². The molecule has 0 bridgehead atoms. The number of anilines is 1. The third-order valence-electron chi connectivity index (χ3n) is 5.73. The topological polar surface area (TPSA) is 95.5 Å². The first kappa shape index (κ1) is 22.3. The van der Waals surface area contributed by atoms with Crippen LogP contribution >= 0.6 is 0 Å². The van der Waals surface area contributed by atoms with Gasteiger partial charge in [-0.15, -0.1) is 0 Å². The average Bonchev–Trinajstić information content (AvgIpc) is 3.38. The number of H-pyrrole nitrogens is 1. The van der Waals surface area contributed by atoms with Crippen LogP contribution in [0.25, 0.3) is 16.8 Å². The van der Waals surface area contributed by atoms with E-state index in [0.29, 0.717) is 22.3 Å². The predicted molar refractivity (Wildman–Crippen MR) is 129 cm³/mol. The van der Waals surface area contributed by atoms with Gasteiger partial charge in [-0.1, -0.05) is 24.3 Å². The lowest BCUT2D eigenvalue weighted by atomic mass is 9.95. The number of aromatic nitrogens is 2. The number of rotatable bonds is 5. The van der Waals surface area contributed by atoms with Crippen molar-refractivity contribution in [3.63, 3.8) is 0 Å². The van der Waals surface area contributed by atoms with Crippen molar-refractivity contribution in [2.24, 2.45) is 0 Å². The Bertz CT molecular complexity index is 1420. The molecule has 5 rings (SSSR count). The zero-order valence-electron chi connectivity index (χ0n) is 19.0. The molecule has 35 heavy (non-hydrogen) atoms. The van der Waals surface area contributed by atoms with Crippen LogP contribution in [0.4, 0.5) is 10.3 Å². The van der Waals surface area contributed by atoms with Crippen molar-refractivity contribution < 1.29 is 23.8 Å². The van der Waals surface area contributed by atoms with E-state index < -0.39 is 29.3 Å². The lowest BCUT2D eigenvalue weighted by Gasteiger charge is -2.23. The first-order valence-electron chi connectivity index (χ1n) is 11.1. The Hall–Kier alpha value is -4.46. The molecule has 0 saturated carbocycles. The van der Waals surface area contributed by atoms with Crippen LogP contribution in [-0.2, 0) is 9.59 Å². The number of para-hydroxylation sites is 2. The maximum absolute atomic E-state index is 13.5. The minimum atomic E-state index is -0.964. The molecule has 1 amide bonds. The molecule has 1 fully saturated rings. The minimum Gasteiger partial charge on any atom is -0.507 e. The standard InChI is InChI=1S/C27H22FN3O4/c1-15(2)35-19-13-9-16(10-14-19)23-22(24(32)17-7-11-18(28)12-8-17)25(33)26(34)31(23)27-29-20-5-3-4-6-21(20)30-27/h3-15,23,32H,1-2H3,(H,29,30)/b24-22+. The Kier molecular flexibility index (Phi) is 5.56. The number of ketones is 1. The number of aliphatic hydroxyl groups is 1. The van der Waals surface area contributed by atoms with Gasteiger partial charge >= 0.3 is 5.91 Å². The van der Waals surface area contributed by atoms with E-state index in [1.807, 2.05) is 32.0 Å². The van der Waals surface area contributed by atoms with Gasteiger partial charge in [0.2, 0.25) is 5.95 Å². The highest BCUT2D eigenvalue weighted by Gasteiger charge is 2.48. The van der Waals surface area contributed by atoms with Crippen LogP contribution in [0.5, 0.6) is 5.75 Å². The summed E-state index contributed by atoms with van der Waals surface area (Å²) in [5.41, 5.74) is 2.01. The molecule has 1 atom stereocenters. The molecule has 0 aliphatic carbocycles. The zero-order chi connectivity index (χ0) is 24.7. The average molecular weight is 471 g/mol. The maximum Gasteiger partial charge on any atom is 0.302 e. The number of nitrogens with one attached hydrogen (secondary N) is 1. The van der Waals surface area contributed by atoms with E-state index in [0.717, 1.165) is 0 Å². The largest absolute Gasteiger partial charge is 0.507 e. The molecule has 2 heterocycles. The number of halogens is 1. The smallest absolute Gasteiger partial charge is 0.302 e. The summed E-state index contributed by atoms with van der Waals surface area (Å²) in [6, 6.07) is 18.3. The van der Waals surface area contributed by atoms with Gasteiger partial charge in [0.25, 0.3) is 5.78 Å². The van der Waals surface area contributed by atoms with Crippen molar-refractivity contribution in [3.8, 4) is 5.75 Å². The van der Waals surface area contributed by atoms with Crippen molar-refractivity contribution in [1.29, 1.82) is 0 Å². The number of hydrogen-bond acceptors (Lipinski definition) is 5. The number of benzene rings is 3. The first-order valence-corrected chi connectivity index (χ1v) is 11.1. The van der Waals surface area contributed by atoms with Crippen molar-refractivity contribution >= 4 is 34.4 Å². The minimum absolute atomic E-state index is 0.0273. The van der Waals surface area contributed by atoms with Crippen LogP contribution in [0.15, 0.2) is 78.4 Å². The SMILES string of the molecule is CC(C)Oc1ccc(C2/C(=C(\O)c3ccc(F)cc3)C(=O)C(=O)N2c2nc3ccccc3[nH]2)cc1. The van der Waals surface area contributed by atoms with Gasteiger partial charge in [-0.05, 0) is 67.9 Å². The van der Waals surface area contributed by atoms with Gasteiger partial charge in [0, 0.05) is 5.56 Å². The van der Waals surface area contributed by atoms with E-state index in [4.69, 9.17) is 4.74 Å². The number of carbonyl (C=O) groups excluding carboxylic acids is 2. The molecule has 2 N–H and O–H groups in total. The summed E-state index contributed by atoms with van der Waals surface area (Å²) in [6.07, 6.45) is -0.0273. The summed E-state index contributed by atoms with van der Waals surface area (Å²) in [6.45, 7) is 3.82. The molecule has 0 spiro atoms. The second kappa shape index (κ2) is 8.72. The molecule has 3 aromatic carbocycles. The lowest BCUT2D eigenvalue weighted by Crippen LogP contribution is -2.30. The third-order valence-corrected chi connectivity index (χ3v) is 5.73. The molecule has 7 nitrogen and oxygen atoms in total. The van der Waals surface area contributed by atoms with Gasteiger partial charge in [-0.3, -0.25) is 14.5 Å². The Morgan fingerprint density at radius 1 is 1.03 bits per heavy atom. The van der Waals surface area contributed by atoms with E-state index in [9.17, 15) is 19.1 Å². The highest BCUT2D eigenvalue weighted by molar-refractivity contribution is 6.51. The van der Waals surface area contributed by atoms with Gasteiger partial charge in [0.1, 0.15) is 17.3 Å². The zero-order valence-corrected chi connectivity index (χ0v) is 19.0. The number of fused-ring (bicyclic) bond motifs is 1. The summed E-state index contributed by atoms with van der Waals surface area (Å²) in [7, 11) is 0. The first-order chi connectivity index (χ1) is 16.8. The van der Waals surface area contributed by atoms with E-state index in [-0.39, 0.29) is 23.2 Å². The number of nitrogens with zero attached hydrogens (tertiary/aromatic N) is 2. The molecule has 1 aromatic heterocycles. The summed E-state index contributed by atoms with van der Waals surface area (Å²) < 4.78 is 19.2. The molecular weight excluding hydrogens is 449 g/mol. The van der Waals surface area contributed by atoms with Crippen LogP contribution in [0, 0.1) is 5.82 Å². The van der Waals surface area contributed by atoms with E-state index in [2.05, 4.69) is 9.97 Å². The maximum atomic E-state index is 13.5. The fourth-order valence-corrected chi connectivity index (χ4v) is 4.18. The van der Waals surface area contributed by atoms with Crippen LogP contribution in [0.2, 0.25) is 0 Å². The lowest BCUT2D eigenvalue weighted by molar-refractivity contribution is -0.132. The number of carbonyl (C=O) groups is 2. The van der Waals surface area contributed by atoms with Crippen molar-refractivity contribution in [3.05, 3.63) is 95.3 Å². The number of aliphatic hydroxyl groups excluding tert-OH is 1. The number of ether oxygens (including phenoxy) is 1. The monoisotopic (exact) mass is 471 g/mol. The second-order valence-corrected chi connectivity index (χ2v) is 8.49. The van der Waals surface area contributed by atoms with Crippen molar-refractivity contribution in [1.82, 2.24) is 9.97 Å². The Morgan fingerprint density at radius 3 is 2.37 bits per heavy atom. The molecular formula is C27H22FN3O4.